The first-order valence-corrected chi connectivity index (χ1v) is 8.35. The van der Waals surface area contributed by atoms with Crippen LogP contribution in [0.25, 0.3) is 5.69 Å². The van der Waals surface area contributed by atoms with Gasteiger partial charge in [0, 0.05) is 24.8 Å². The van der Waals surface area contributed by atoms with E-state index in [2.05, 4.69) is 5.10 Å². The minimum absolute atomic E-state index is 0.144. The van der Waals surface area contributed by atoms with Crippen LogP contribution in [0.5, 0.6) is 0 Å². The van der Waals surface area contributed by atoms with E-state index in [-0.39, 0.29) is 11.4 Å². The zero-order valence-corrected chi connectivity index (χ0v) is 14.2. The molecule has 0 N–H and O–H groups in total. The minimum atomic E-state index is -4.49. The van der Waals surface area contributed by atoms with Crippen LogP contribution in [0, 0.1) is 6.92 Å². The number of amides is 1. The van der Waals surface area contributed by atoms with E-state index in [1.54, 1.807) is 11.8 Å². The lowest BCUT2D eigenvalue weighted by Crippen LogP contribution is -2.39. The summed E-state index contributed by atoms with van der Waals surface area (Å²) >= 11 is 0. The monoisotopic (exact) mass is 365 g/mol. The maximum Gasteiger partial charge on any atom is 0.416 e. The molecule has 2 heterocycles. The Morgan fingerprint density at radius 3 is 2.46 bits per heavy atom. The number of hydrogen-bond acceptors (Lipinski definition) is 3. The highest BCUT2D eigenvalue weighted by Gasteiger charge is 2.31. The number of likely N-dealkylation sites (tertiary alicyclic amines) is 1. The fourth-order valence-corrected chi connectivity index (χ4v) is 3.02. The number of benzene rings is 1. The van der Waals surface area contributed by atoms with Gasteiger partial charge in [0.25, 0.3) is 5.91 Å². The van der Waals surface area contributed by atoms with Crippen LogP contribution < -0.4 is 5.43 Å². The van der Waals surface area contributed by atoms with E-state index < -0.39 is 23.1 Å². The van der Waals surface area contributed by atoms with Gasteiger partial charge in [0.05, 0.1) is 11.3 Å². The molecule has 138 valence electrons. The summed E-state index contributed by atoms with van der Waals surface area (Å²) in [5.74, 6) is -0.476. The summed E-state index contributed by atoms with van der Waals surface area (Å²) in [5.41, 5.74) is -1.12. The summed E-state index contributed by atoms with van der Waals surface area (Å²) in [6.07, 6.45) is -1.74. The minimum Gasteiger partial charge on any atom is -0.337 e. The second kappa shape index (κ2) is 6.93. The van der Waals surface area contributed by atoms with Gasteiger partial charge in [-0.15, -0.1) is 0 Å². The number of hydrogen-bond donors (Lipinski definition) is 0. The number of piperidine rings is 1. The highest BCUT2D eigenvalue weighted by atomic mass is 19.4. The summed E-state index contributed by atoms with van der Waals surface area (Å²) in [6, 6.07) is 5.85. The van der Waals surface area contributed by atoms with Crippen LogP contribution in [0.2, 0.25) is 0 Å². The van der Waals surface area contributed by atoms with Gasteiger partial charge >= 0.3 is 6.18 Å². The highest BCUT2D eigenvalue weighted by Crippen LogP contribution is 2.30. The van der Waals surface area contributed by atoms with E-state index >= 15 is 0 Å². The topological polar surface area (TPSA) is 55.2 Å². The lowest BCUT2D eigenvalue weighted by molar-refractivity contribution is -0.137. The molecule has 1 aliphatic rings. The Morgan fingerprint density at radius 1 is 1.12 bits per heavy atom. The molecule has 1 aliphatic heterocycles. The number of nitrogens with zero attached hydrogens (tertiary/aromatic N) is 3. The predicted molar refractivity (Wildman–Crippen MR) is 89.3 cm³/mol. The van der Waals surface area contributed by atoms with Gasteiger partial charge < -0.3 is 4.90 Å². The SMILES string of the molecule is Cc1cc(=O)c(C(=O)N2CCCCC2)nn1-c1cccc(C(F)(F)F)c1. The lowest BCUT2D eigenvalue weighted by Gasteiger charge is -2.26. The van der Waals surface area contributed by atoms with Crippen LogP contribution >= 0.6 is 0 Å². The molecular formula is C18H18F3N3O2. The molecule has 1 saturated heterocycles. The second-order valence-corrected chi connectivity index (χ2v) is 6.31. The summed E-state index contributed by atoms with van der Waals surface area (Å²) in [4.78, 5) is 26.4. The fraction of sp³-hybridized carbons (Fsp3) is 0.389. The average molecular weight is 365 g/mol. The standard InChI is InChI=1S/C18H18F3N3O2/c1-12-10-15(25)16(17(26)23-8-3-2-4-9-23)22-24(12)14-7-5-6-13(11-14)18(19,20)21/h5-7,10-11H,2-4,8-9H2,1H3. The van der Waals surface area contributed by atoms with Gasteiger partial charge in [-0.3, -0.25) is 9.59 Å². The van der Waals surface area contributed by atoms with Crippen molar-refractivity contribution in [2.75, 3.05) is 13.1 Å². The molecule has 1 aromatic carbocycles. The first-order valence-electron chi connectivity index (χ1n) is 8.35. The highest BCUT2D eigenvalue weighted by molar-refractivity contribution is 5.92. The average Bonchev–Trinajstić information content (AvgIpc) is 2.61. The molecule has 1 amide bonds. The largest absolute Gasteiger partial charge is 0.416 e. The van der Waals surface area contributed by atoms with E-state index in [9.17, 15) is 22.8 Å². The van der Waals surface area contributed by atoms with Gasteiger partial charge in [-0.1, -0.05) is 6.07 Å². The summed E-state index contributed by atoms with van der Waals surface area (Å²) in [6.45, 7) is 2.67. The maximum atomic E-state index is 13.0. The third-order valence-corrected chi connectivity index (χ3v) is 4.37. The molecule has 0 spiro atoms. The van der Waals surface area contributed by atoms with Gasteiger partial charge in [0.15, 0.2) is 5.69 Å². The lowest BCUT2D eigenvalue weighted by atomic mass is 10.1. The summed E-state index contributed by atoms with van der Waals surface area (Å²) in [7, 11) is 0. The van der Waals surface area contributed by atoms with Gasteiger partial charge in [0.1, 0.15) is 0 Å². The Bertz CT molecular complexity index is 884. The number of rotatable bonds is 2. The second-order valence-electron chi connectivity index (χ2n) is 6.31. The van der Waals surface area contributed by atoms with Crippen LogP contribution in [0.4, 0.5) is 13.2 Å². The van der Waals surface area contributed by atoms with Gasteiger partial charge in [-0.05, 0) is 44.4 Å². The van der Waals surface area contributed by atoms with Crippen LogP contribution in [-0.4, -0.2) is 33.7 Å². The molecular weight excluding hydrogens is 347 g/mol. The van der Waals surface area contributed by atoms with Crippen molar-refractivity contribution in [3.8, 4) is 5.69 Å². The Hall–Kier alpha value is -2.64. The molecule has 2 aromatic rings. The number of aryl methyl sites for hydroxylation is 1. The molecule has 0 unspecified atom stereocenters. The smallest absolute Gasteiger partial charge is 0.337 e. The van der Waals surface area contributed by atoms with E-state index in [1.807, 2.05) is 0 Å². The molecule has 0 bridgehead atoms. The predicted octanol–water partition coefficient (Wildman–Crippen LogP) is 3.19. The molecule has 3 rings (SSSR count). The van der Waals surface area contributed by atoms with E-state index in [1.165, 1.54) is 22.9 Å². The quantitative estimate of drug-likeness (QED) is 0.821. The van der Waals surface area contributed by atoms with E-state index in [4.69, 9.17) is 0 Å². The van der Waals surface area contributed by atoms with Crippen LogP contribution in [0.15, 0.2) is 35.1 Å². The Labute approximate surface area is 148 Å². The number of halogens is 3. The zero-order valence-electron chi connectivity index (χ0n) is 14.2. The van der Waals surface area contributed by atoms with Gasteiger partial charge in [-0.2, -0.15) is 18.3 Å². The van der Waals surface area contributed by atoms with Crippen molar-refractivity contribution < 1.29 is 18.0 Å². The normalized spacial score (nSPS) is 15.2. The fourth-order valence-electron chi connectivity index (χ4n) is 3.02. The van der Waals surface area contributed by atoms with Crippen molar-refractivity contribution in [3.63, 3.8) is 0 Å². The zero-order chi connectivity index (χ0) is 18.9. The van der Waals surface area contributed by atoms with Crippen molar-refractivity contribution in [2.24, 2.45) is 0 Å². The molecule has 0 atom stereocenters. The molecule has 0 aliphatic carbocycles. The number of aromatic nitrogens is 2. The third-order valence-electron chi connectivity index (χ3n) is 4.37. The van der Waals surface area contributed by atoms with E-state index in [0.29, 0.717) is 18.8 Å². The van der Waals surface area contributed by atoms with Crippen molar-refractivity contribution in [3.05, 3.63) is 57.5 Å². The molecule has 26 heavy (non-hydrogen) atoms. The molecule has 5 nitrogen and oxygen atoms in total. The van der Waals surface area contributed by atoms with Gasteiger partial charge in [-0.25, -0.2) is 4.68 Å². The first-order chi connectivity index (χ1) is 12.3. The molecule has 0 saturated carbocycles. The first kappa shape index (κ1) is 18.2. The Morgan fingerprint density at radius 2 is 1.81 bits per heavy atom. The number of carbonyl (C=O) groups excluding carboxylic acids is 1. The van der Waals surface area contributed by atoms with Crippen molar-refractivity contribution in [2.45, 2.75) is 32.4 Å². The van der Waals surface area contributed by atoms with Gasteiger partial charge in [0.2, 0.25) is 5.43 Å². The maximum absolute atomic E-state index is 13.0. The molecule has 0 radical (unpaired) electrons. The molecule has 8 heteroatoms. The van der Waals surface area contributed by atoms with Crippen LogP contribution in [0.3, 0.4) is 0 Å². The van der Waals surface area contributed by atoms with Crippen molar-refractivity contribution in [1.29, 1.82) is 0 Å². The van der Waals surface area contributed by atoms with Crippen LogP contribution in [0.1, 0.15) is 41.0 Å². The number of carbonyl (C=O) groups is 1. The summed E-state index contributed by atoms with van der Waals surface area (Å²) in [5, 5.41) is 4.09. The third kappa shape index (κ3) is 3.63. The summed E-state index contributed by atoms with van der Waals surface area (Å²) < 4.78 is 40.1. The van der Waals surface area contributed by atoms with Crippen LogP contribution in [-0.2, 0) is 6.18 Å². The van der Waals surface area contributed by atoms with E-state index in [0.717, 1.165) is 31.4 Å². The van der Waals surface area contributed by atoms with Crippen molar-refractivity contribution >= 4 is 5.91 Å². The van der Waals surface area contributed by atoms with Crippen molar-refractivity contribution in [1.82, 2.24) is 14.7 Å². The molecule has 1 fully saturated rings. The molecule has 1 aromatic heterocycles. The Balaban J connectivity index is 2.04. The number of alkyl halides is 3. The Kier molecular flexibility index (Phi) is 4.84.